The van der Waals surface area contributed by atoms with Crippen molar-refractivity contribution in [1.82, 2.24) is 5.32 Å². The van der Waals surface area contributed by atoms with E-state index in [-0.39, 0.29) is 0 Å². The summed E-state index contributed by atoms with van der Waals surface area (Å²) in [4.78, 5) is 0. The fraction of sp³-hybridized carbons (Fsp3) is 0.0526. The van der Waals surface area contributed by atoms with Crippen LogP contribution in [0.25, 0.3) is 0 Å². The molecular weight excluding hydrogens is 336 g/mol. The quantitative estimate of drug-likeness (QED) is 0.664. The number of halogens is 1. The Labute approximate surface area is 140 Å². The maximum atomic E-state index is 3.88. The molecule has 0 aliphatic rings. The molecule has 0 aromatic heterocycles. The molecule has 2 nitrogen and oxygen atoms in total. The molecule has 0 saturated heterocycles. The van der Waals surface area contributed by atoms with Gasteiger partial charge in [0, 0.05) is 16.7 Å². The molecule has 0 atom stereocenters. The highest BCUT2D eigenvalue weighted by Crippen LogP contribution is 2.14. The van der Waals surface area contributed by atoms with E-state index >= 15 is 0 Å². The molecule has 2 aromatic carbocycles. The molecule has 0 aliphatic heterocycles. The molecule has 0 heterocycles. The lowest BCUT2D eigenvalue weighted by atomic mass is 10.2. The molecule has 3 heteroatoms. The summed E-state index contributed by atoms with van der Waals surface area (Å²) in [5.41, 5.74) is 4.04. The van der Waals surface area contributed by atoms with Crippen LogP contribution in [0.5, 0.6) is 0 Å². The maximum Gasteiger partial charge on any atom is 0.0613 e. The van der Waals surface area contributed by atoms with Gasteiger partial charge in [-0.1, -0.05) is 59.4 Å². The van der Waals surface area contributed by atoms with Crippen LogP contribution in [0.2, 0.25) is 0 Å². The largest absolute Gasteiger partial charge is 0.379 e. The van der Waals surface area contributed by atoms with Gasteiger partial charge in [-0.3, -0.25) is 0 Å². The van der Waals surface area contributed by atoms with Crippen LogP contribution < -0.4 is 10.6 Å². The van der Waals surface area contributed by atoms with Gasteiger partial charge in [-0.25, -0.2) is 0 Å². The third-order valence-electron chi connectivity index (χ3n) is 3.15. The van der Waals surface area contributed by atoms with Crippen molar-refractivity contribution in [3.8, 4) is 0 Å². The number of benzene rings is 2. The summed E-state index contributed by atoms with van der Waals surface area (Å²) >= 11 is 3.44. The van der Waals surface area contributed by atoms with Gasteiger partial charge in [-0.2, -0.15) is 0 Å². The number of nitrogens with one attached hydrogen (secondary N) is 2. The second kappa shape index (κ2) is 8.25. The number of para-hydroxylation sites is 1. The van der Waals surface area contributed by atoms with Crippen LogP contribution in [-0.4, -0.2) is 0 Å². The number of hydrogen-bond acceptors (Lipinski definition) is 2. The first kappa shape index (κ1) is 16.1. The van der Waals surface area contributed by atoms with E-state index in [4.69, 9.17) is 0 Å². The van der Waals surface area contributed by atoms with Crippen LogP contribution >= 0.6 is 15.9 Å². The van der Waals surface area contributed by atoms with Gasteiger partial charge in [-0.05, 0) is 42.0 Å². The summed E-state index contributed by atoms with van der Waals surface area (Å²) in [6.45, 7) is 8.49. The lowest BCUT2D eigenvalue weighted by Crippen LogP contribution is -2.15. The molecule has 2 N–H and O–H groups in total. The van der Waals surface area contributed by atoms with E-state index in [0.717, 1.165) is 28.1 Å². The molecular formula is C19H19BrN2. The maximum absolute atomic E-state index is 3.88. The van der Waals surface area contributed by atoms with Crippen LogP contribution in [-0.2, 0) is 6.54 Å². The summed E-state index contributed by atoms with van der Waals surface area (Å²) in [6.07, 6.45) is 3.59. The molecule has 112 valence electrons. The molecule has 0 bridgehead atoms. The highest BCUT2D eigenvalue weighted by Gasteiger charge is 2.02. The summed E-state index contributed by atoms with van der Waals surface area (Å²) in [5.74, 6) is 0. The number of allylic oxidation sites excluding steroid dienone is 2. The monoisotopic (exact) mass is 354 g/mol. The van der Waals surface area contributed by atoms with E-state index in [2.05, 4.69) is 51.9 Å². The lowest BCUT2D eigenvalue weighted by molar-refractivity contribution is 0.826. The van der Waals surface area contributed by atoms with E-state index < -0.39 is 0 Å². The molecule has 2 aromatic rings. The Kier molecular flexibility index (Phi) is 6.04. The summed E-state index contributed by atoms with van der Waals surface area (Å²) in [5, 5.41) is 6.73. The minimum absolute atomic E-state index is 0.725. The van der Waals surface area contributed by atoms with Gasteiger partial charge in [0.2, 0.25) is 0 Å². The van der Waals surface area contributed by atoms with Crippen LogP contribution in [0.1, 0.15) is 5.56 Å². The minimum Gasteiger partial charge on any atom is -0.379 e. The van der Waals surface area contributed by atoms with Crippen LogP contribution in [0.15, 0.2) is 95.8 Å². The van der Waals surface area contributed by atoms with E-state index in [1.54, 1.807) is 12.2 Å². The van der Waals surface area contributed by atoms with E-state index in [9.17, 15) is 0 Å². The molecule has 0 saturated carbocycles. The first-order chi connectivity index (χ1) is 10.7. The minimum atomic E-state index is 0.725. The molecule has 0 amide bonds. The Morgan fingerprint density at radius 1 is 0.909 bits per heavy atom. The van der Waals surface area contributed by atoms with Crippen LogP contribution in [0, 0.1) is 0 Å². The average molecular weight is 355 g/mol. The third kappa shape index (κ3) is 4.64. The number of rotatable bonds is 7. The fourth-order valence-corrected chi connectivity index (χ4v) is 2.25. The average Bonchev–Trinajstić information content (AvgIpc) is 2.56. The zero-order valence-corrected chi connectivity index (χ0v) is 13.9. The molecule has 2 rings (SSSR count). The highest BCUT2D eigenvalue weighted by atomic mass is 79.9. The van der Waals surface area contributed by atoms with Crippen molar-refractivity contribution in [2.24, 2.45) is 0 Å². The molecule has 0 fully saturated rings. The molecule has 0 spiro atoms. The van der Waals surface area contributed by atoms with Gasteiger partial charge >= 0.3 is 0 Å². The molecule has 0 radical (unpaired) electrons. The Morgan fingerprint density at radius 2 is 1.55 bits per heavy atom. The summed E-state index contributed by atoms with van der Waals surface area (Å²) in [7, 11) is 0. The van der Waals surface area contributed by atoms with E-state index in [0.29, 0.717) is 0 Å². The van der Waals surface area contributed by atoms with Gasteiger partial charge in [-0.15, -0.1) is 0 Å². The normalized spacial score (nSPS) is 11.3. The first-order valence-electron chi connectivity index (χ1n) is 7.02. The van der Waals surface area contributed by atoms with Crippen molar-refractivity contribution in [1.29, 1.82) is 0 Å². The van der Waals surface area contributed by atoms with Crippen molar-refractivity contribution in [2.45, 2.75) is 6.54 Å². The molecule has 0 unspecified atom stereocenters. The predicted molar refractivity (Wildman–Crippen MR) is 98.5 cm³/mol. The van der Waals surface area contributed by atoms with Crippen molar-refractivity contribution in [3.63, 3.8) is 0 Å². The summed E-state index contributed by atoms with van der Waals surface area (Å²) in [6, 6.07) is 18.2. The second-order valence-electron chi connectivity index (χ2n) is 4.71. The third-order valence-corrected chi connectivity index (χ3v) is 3.68. The van der Waals surface area contributed by atoms with E-state index in [1.807, 2.05) is 42.5 Å². The Hall–Kier alpha value is -2.26. The van der Waals surface area contributed by atoms with Crippen molar-refractivity contribution >= 4 is 21.6 Å². The van der Waals surface area contributed by atoms with Gasteiger partial charge in [0.05, 0.1) is 11.4 Å². The van der Waals surface area contributed by atoms with Crippen LogP contribution in [0.3, 0.4) is 0 Å². The van der Waals surface area contributed by atoms with Crippen molar-refractivity contribution < 1.29 is 0 Å². The zero-order valence-electron chi connectivity index (χ0n) is 12.4. The van der Waals surface area contributed by atoms with Crippen molar-refractivity contribution in [2.75, 3.05) is 5.32 Å². The Balaban J connectivity index is 2.10. The number of anilines is 1. The van der Waals surface area contributed by atoms with Gasteiger partial charge in [0.25, 0.3) is 0 Å². The molecule has 22 heavy (non-hydrogen) atoms. The van der Waals surface area contributed by atoms with Crippen LogP contribution in [0.4, 0.5) is 5.69 Å². The van der Waals surface area contributed by atoms with Gasteiger partial charge < -0.3 is 10.6 Å². The van der Waals surface area contributed by atoms with Gasteiger partial charge in [0.15, 0.2) is 0 Å². The Morgan fingerprint density at radius 3 is 2.14 bits per heavy atom. The molecule has 0 aliphatic carbocycles. The smallest absolute Gasteiger partial charge is 0.0613 e. The van der Waals surface area contributed by atoms with Gasteiger partial charge in [0.1, 0.15) is 0 Å². The van der Waals surface area contributed by atoms with Crippen molar-refractivity contribution in [3.05, 3.63) is 101 Å². The topological polar surface area (TPSA) is 24.1 Å². The SMILES string of the molecule is C=C/C(NCc1ccc(Br)cc1)=C(\C=C)Nc1ccccc1. The summed E-state index contributed by atoms with van der Waals surface area (Å²) < 4.78 is 1.08. The lowest BCUT2D eigenvalue weighted by Gasteiger charge is -2.14. The standard InChI is InChI=1S/C19H19BrN2/c1-3-18(21-14-15-10-12-16(20)13-11-15)19(4-2)22-17-8-6-5-7-9-17/h3-13,21-22H,1-2,14H2/b19-18-. The Bertz CT molecular complexity index is 658. The second-order valence-corrected chi connectivity index (χ2v) is 5.62. The fourth-order valence-electron chi connectivity index (χ4n) is 1.98. The zero-order chi connectivity index (χ0) is 15.8. The first-order valence-corrected chi connectivity index (χ1v) is 7.81. The number of hydrogen-bond donors (Lipinski definition) is 2. The predicted octanol–water partition coefficient (Wildman–Crippen LogP) is 5.23. The highest BCUT2D eigenvalue weighted by molar-refractivity contribution is 9.10. The van der Waals surface area contributed by atoms with E-state index in [1.165, 1.54) is 5.56 Å².